The lowest BCUT2D eigenvalue weighted by Gasteiger charge is -2.05. The number of hydrogen-bond donors (Lipinski definition) is 0. The standard InChI is InChI=1S/C13H18O3S/c1-10(2)13(14)12-6-4-11(5-7-12)8-9-17(3,15)16/h4-7,10H,8-9H2,1-3H3. The quantitative estimate of drug-likeness (QED) is 0.756. The number of benzene rings is 1. The van der Waals surface area contributed by atoms with Gasteiger partial charge in [0.25, 0.3) is 0 Å². The monoisotopic (exact) mass is 254 g/mol. The van der Waals surface area contributed by atoms with Gasteiger partial charge >= 0.3 is 0 Å². The highest BCUT2D eigenvalue weighted by atomic mass is 32.2. The van der Waals surface area contributed by atoms with Gasteiger partial charge in [-0.05, 0) is 12.0 Å². The van der Waals surface area contributed by atoms with Crippen molar-refractivity contribution in [2.75, 3.05) is 12.0 Å². The van der Waals surface area contributed by atoms with E-state index in [4.69, 9.17) is 0 Å². The average molecular weight is 254 g/mol. The van der Waals surface area contributed by atoms with Crippen LogP contribution < -0.4 is 0 Å². The van der Waals surface area contributed by atoms with Crippen LogP contribution in [0.3, 0.4) is 0 Å². The molecule has 0 aliphatic rings. The van der Waals surface area contributed by atoms with Gasteiger partial charge in [-0.2, -0.15) is 0 Å². The Hall–Kier alpha value is -1.16. The summed E-state index contributed by atoms with van der Waals surface area (Å²) in [4.78, 5) is 11.7. The van der Waals surface area contributed by atoms with Crippen molar-refractivity contribution in [2.45, 2.75) is 20.3 Å². The topological polar surface area (TPSA) is 51.2 Å². The maximum Gasteiger partial charge on any atom is 0.165 e. The molecule has 1 aromatic rings. The van der Waals surface area contributed by atoms with Crippen molar-refractivity contribution in [1.29, 1.82) is 0 Å². The van der Waals surface area contributed by atoms with Gasteiger partial charge in [-0.1, -0.05) is 38.1 Å². The van der Waals surface area contributed by atoms with Crippen molar-refractivity contribution in [3.8, 4) is 0 Å². The molecule has 0 aliphatic carbocycles. The molecule has 94 valence electrons. The molecule has 0 heterocycles. The third kappa shape index (κ3) is 4.69. The third-order valence-corrected chi connectivity index (χ3v) is 3.47. The predicted molar refractivity (Wildman–Crippen MR) is 69.0 cm³/mol. The molecule has 4 heteroatoms. The highest BCUT2D eigenvalue weighted by Crippen LogP contribution is 2.11. The summed E-state index contributed by atoms with van der Waals surface area (Å²) in [6.07, 6.45) is 1.72. The van der Waals surface area contributed by atoms with Crippen LogP contribution in [0.4, 0.5) is 0 Å². The van der Waals surface area contributed by atoms with E-state index in [1.54, 1.807) is 12.1 Å². The first kappa shape index (κ1) is 13.9. The summed E-state index contributed by atoms with van der Waals surface area (Å²) in [6.45, 7) is 3.72. The van der Waals surface area contributed by atoms with E-state index in [0.29, 0.717) is 12.0 Å². The normalized spacial score (nSPS) is 11.8. The minimum Gasteiger partial charge on any atom is -0.294 e. The van der Waals surface area contributed by atoms with E-state index in [9.17, 15) is 13.2 Å². The number of aryl methyl sites for hydroxylation is 1. The molecule has 0 amide bonds. The van der Waals surface area contributed by atoms with Crippen LogP contribution in [-0.2, 0) is 16.3 Å². The fraction of sp³-hybridized carbons (Fsp3) is 0.462. The van der Waals surface area contributed by atoms with Gasteiger partial charge in [-0.25, -0.2) is 8.42 Å². The van der Waals surface area contributed by atoms with Crippen molar-refractivity contribution in [3.05, 3.63) is 35.4 Å². The number of sulfone groups is 1. The number of rotatable bonds is 5. The van der Waals surface area contributed by atoms with Crippen LogP contribution in [0.15, 0.2) is 24.3 Å². The molecule has 0 fully saturated rings. The zero-order valence-electron chi connectivity index (χ0n) is 10.4. The van der Waals surface area contributed by atoms with Gasteiger partial charge in [0.05, 0.1) is 5.75 Å². The maximum atomic E-state index is 11.7. The fourth-order valence-electron chi connectivity index (χ4n) is 1.47. The molecule has 3 nitrogen and oxygen atoms in total. The van der Waals surface area contributed by atoms with Gasteiger partial charge in [0.2, 0.25) is 0 Å². The molecule has 0 unspecified atom stereocenters. The minimum atomic E-state index is -2.93. The molecule has 0 radical (unpaired) electrons. The van der Waals surface area contributed by atoms with Gasteiger partial charge in [-0.15, -0.1) is 0 Å². The minimum absolute atomic E-state index is 0.0168. The predicted octanol–water partition coefficient (Wildman–Crippen LogP) is 2.11. The molecule has 0 bridgehead atoms. The maximum absolute atomic E-state index is 11.7. The Balaban J connectivity index is 2.72. The summed E-state index contributed by atoms with van der Waals surface area (Å²) in [5.74, 6) is 0.237. The van der Waals surface area contributed by atoms with Crippen molar-refractivity contribution in [2.24, 2.45) is 5.92 Å². The summed E-state index contributed by atoms with van der Waals surface area (Å²) in [7, 11) is -2.93. The van der Waals surface area contributed by atoms with Crippen LogP contribution >= 0.6 is 0 Å². The van der Waals surface area contributed by atoms with Crippen LogP contribution in [0.5, 0.6) is 0 Å². The van der Waals surface area contributed by atoms with E-state index in [1.807, 2.05) is 26.0 Å². The molecular weight excluding hydrogens is 236 g/mol. The molecule has 0 spiro atoms. The Morgan fingerprint density at radius 2 is 1.71 bits per heavy atom. The molecule has 1 rings (SSSR count). The first-order chi connectivity index (χ1) is 7.79. The number of hydrogen-bond acceptors (Lipinski definition) is 3. The summed E-state index contributed by atoms with van der Waals surface area (Å²) in [5.41, 5.74) is 1.62. The lowest BCUT2D eigenvalue weighted by Crippen LogP contribution is -2.08. The lowest BCUT2D eigenvalue weighted by atomic mass is 10.00. The van der Waals surface area contributed by atoms with E-state index >= 15 is 0 Å². The second-order valence-electron chi connectivity index (χ2n) is 4.60. The molecule has 0 N–H and O–H groups in total. The largest absolute Gasteiger partial charge is 0.294 e. The average Bonchev–Trinajstić information content (AvgIpc) is 2.25. The first-order valence-corrected chi connectivity index (χ1v) is 7.66. The lowest BCUT2D eigenvalue weighted by molar-refractivity contribution is 0.0939. The van der Waals surface area contributed by atoms with Gasteiger partial charge in [0.15, 0.2) is 5.78 Å². The van der Waals surface area contributed by atoms with Crippen molar-refractivity contribution in [3.63, 3.8) is 0 Å². The Morgan fingerprint density at radius 3 is 2.12 bits per heavy atom. The number of carbonyl (C=O) groups is 1. The van der Waals surface area contributed by atoms with Crippen molar-refractivity contribution >= 4 is 15.6 Å². The van der Waals surface area contributed by atoms with Gasteiger partial charge in [0.1, 0.15) is 9.84 Å². The van der Waals surface area contributed by atoms with E-state index in [2.05, 4.69) is 0 Å². The molecule has 1 aromatic carbocycles. The fourth-order valence-corrected chi connectivity index (χ4v) is 2.08. The molecule has 0 saturated heterocycles. The molecule has 0 saturated carbocycles. The summed E-state index contributed by atoms with van der Waals surface area (Å²) < 4.78 is 22.0. The second-order valence-corrected chi connectivity index (χ2v) is 6.86. The summed E-state index contributed by atoms with van der Waals surface area (Å²) >= 11 is 0. The molecule has 17 heavy (non-hydrogen) atoms. The van der Waals surface area contributed by atoms with Crippen molar-refractivity contribution < 1.29 is 13.2 Å². The molecule has 0 atom stereocenters. The van der Waals surface area contributed by atoms with Crippen LogP contribution in [0.1, 0.15) is 29.8 Å². The van der Waals surface area contributed by atoms with E-state index in [0.717, 1.165) is 5.56 Å². The smallest absolute Gasteiger partial charge is 0.165 e. The van der Waals surface area contributed by atoms with Crippen LogP contribution in [-0.4, -0.2) is 26.2 Å². The first-order valence-electron chi connectivity index (χ1n) is 5.60. The summed E-state index contributed by atoms with van der Waals surface area (Å²) in [6, 6.07) is 7.17. The molecule has 0 aromatic heterocycles. The zero-order valence-corrected chi connectivity index (χ0v) is 11.3. The number of Topliss-reactive ketones (excluding diaryl/α,β-unsaturated/α-hetero) is 1. The van der Waals surface area contributed by atoms with E-state index < -0.39 is 9.84 Å². The third-order valence-electron chi connectivity index (χ3n) is 2.52. The SMILES string of the molecule is CC(C)C(=O)c1ccc(CCS(C)(=O)=O)cc1. The highest BCUT2D eigenvalue weighted by Gasteiger charge is 2.10. The second kappa shape index (κ2) is 5.45. The molecule has 0 aliphatic heterocycles. The molecular formula is C13H18O3S. The van der Waals surface area contributed by atoms with Crippen molar-refractivity contribution in [1.82, 2.24) is 0 Å². The van der Waals surface area contributed by atoms with Gasteiger partial charge in [-0.3, -0.25) is 4.79 Å². The van der Waals surface area contributed by atoms with Crippen LogP contribution in [0.2, 0.25) is 0 Å². The Kier molecular flexibility index (Phi) is 4.46. The zero-order chi connectivity index (χ0) is 13.1. The number of carbonyl (C=O) groups excluding carboxylic acids is 1. The summed E-state index contributed by atoms with van der Waals surface area (Å²) in [5, 5.41) is 0. The number of ketones is 1. The van der Waals surface area contributed by atoms with Gasteiger partial charge in [0, 0.05) is 17.7 Å². The Bertz CT molecular complexity index is 484. The van der Waals surface area contributed by atoms with E-state index in [-0.39, 0.29) is 17.5 Å². The van der Waals surface area contributed by atoms with Gasteiger partial charge < -0.3 is 0 Å². The van der Waals surface area contributed by atoms with Crippen LogP contribution in [0.25, 0.3) is 0 Å². The van der Waals surface area contributed by atoms with Crippen LogP contribution in [0, 0.1) is 5.92 Å². The van der Waals surface area contributed by atoms with E-state index in [1.165, 1.54) is 6.26 Å². The Morgan fingerprint density at radius 1 is 1.18 bits per heavy atom. The highest BCUT2D eigenvalue weighted by molar-refractivity contribution is 7.90. The Labute approximate surface area is 103 Å².